The molecule has 1 fully saturated rings. The quantitative estimate of drug-likeness (QED) is 0.725. The van der Waals surface area contributed by atoms with E-state index < -0.39 is 5.82 Å². The van der Waals surface area contributed by atoms with E-state index >= 15 is 4.39 Å². The molecular weight excluding hydrogens is 423 g/mol. The fourth-order valence-corrected chi connectivity index (χ4v) is 4.19. The number of hydrogen-bond acceptors (Lipinski definition) is 8. The lowest BCUT2D eigenvalue weighted by Gasteiger charge is -2.33. The van der Waals surface area contributed by atoms with E-state index in [2.05, 4.69) is 37.1 Å². The summed E-state index contributed by atoms with van der Waals surface area (Å²) in [5.74, 6) is 1.51. The Bertz CT molecular complexity index is 1170. The van der Waals surface area contributed by atoms with Gasteiger partial charge in [0, 0.05) is 37.8 Å². The third-order valence-electron chi connectivity index (χ3n) is 6.07. The van der Waals surface area contributed by atoms with E-state index in [1.165, 1.54) is 0 Å². The minimum atomic E-state index is -0.400. The van der Waals surface area contributed by atoms with E-state index in [1.807, 2.05) is 25.1 Å². The predicted octanol–water partition coefficient (Wildman–Crippen LogP) is 2.86. The van der Waals surface area contributed by atoms with Gasteiger partial charge in [-0.15, -0.1) is 0 Å². The molecule has 33 heavy (non-hydrogen) atoms. The van der Waals surface area contributed by atoms with Gasteiger partial charge in [0.25, 0.3) is 0 Å². The topological polar surface area (TPSA) is 86.1 Å². The minimum Gasteiger partial charge on any atom is -0.421 e. The van der Waals surface area contributed by atoms with Crippen LogP contribution in [-0.4, -0.2) is 72.2 Å². The smallest absolute Gasteiger partial charge is 0.326 e. The maximum absolute atomic E-state index is 15.1. The summed E-state index contributed by atoms with van der Waals surface area (Å²) in [5.41, 5.74) is 3.47. The van der Waals surface area contributed by atoms with Crippen molar-refractivity contribution in [1.29, 1.82) is 0 Å². The number of nitrogens with one attached hydrogen (secondary N) is 1. The fraction of sp³-hybridized carbons (Fsp3) is 0.375. The number of piperazine rings is 1. The number of halogens is 1. The molecule has 1 aromatic heterocycles. The summed E-state index contributed by atoms with van der Waals surface area (Å²) in [6.45, 7) is 5.88. The molecule has 2 aliphatic heterocycles. The van der Waals surface area contributed by atoms with E-state index in [4.69, 9.17) is 4.74 Å². The Balaban J connectivity index is 1.45. The van der Waals surface area contributed by atoms with Gasteiger partial charge in [-0.1, -0.05) is 17.7 Å². The molecular formula is C24H27FN6O2. The number of likely N-dealkylation sites (N-methyl/N-ethyl adjacent to an activating group) is 1. The van der Waals surface area contributed by atoms with Crippen molar-refractivity contribution in [2.75, 3.05) is 56.6 Å². The van der Waals surface area contributed by atoms with Crippen LogP contribution in [0.5, 0.6) is 11.8 Å². The molecule has 3 aliphatic rings. The number of allylic oxidation sites excluding steroid dienone is 1. The number of aliphatic imine (C=N–C) groups is 1. The van der Waals surface area contributed by atoms with Gasteiger partial charge in [-0.05, 0) is 43.7 Å². The molecule has 0 radical (unpaired) electrons. The van der Waals surface area contributed by atoms with Crippen molar-refractivity contribution < 1.29 is 14.2 Å². The summed E-state index contributed by atoms with van der Waals surface area (Å²) in [4.78, 5) is 17.9. The number of rotatable bonds is 5. The van der Waals surface area contributed by atoms with Gasteiger partial charge >= 0.3 is 6.01 Å². The Kier molecular flexibility index (Phi) is 5.82. The van der Waals surface area contributed by atoms with Crippen LogP contribution in [0.3, 0.4) is 0 Å². The van der Waals surface area contributed by atoms with Gasteiger partial charge in [-0.2, -0.15) is 9.97 Å². The zero-order chi connectivity index (χ0) is 22.9. The normalized spacial score (nSPS) is 18.1. The molecule has 1 saturated heterocycles. The predicted molar refractivity (Wildman–Crippen MR) is 127 cm³/mol. The first kappa shape index (κ1) is 21.5. The first-order valence-corrected chi connectivity index (χ1v) is 11.1. The van der Waals surface area contributed by atoms with Gasteiger partial charge in [0.05, 0.1) is 13.2 Å². The van der Waals surface area contributed by atoms with E-state index in [0.717, 1.165) is 49.3 Å². The number of fused-ring (bicyclic) bond motifs is 1. The Morgan fingerprint density at radius 3 is 2.73 bits per heavy atom. The summed E-state index contributed by atoms with van der Waals surface area (Å²) < 4.78 is 21.0. The van der Waals surface area contributed by atoms with Gasteiger partial charge in [-0.3, -0.25) is 4.99 Å². The van der Waals surface area contributed by atoms with Crippen LogP contribution in [0, 0.1) is 5.82 Å². The molecule has 1 aromatic carbocycles. The van der Waals surface area contributed by atoms with E-state index in [0.29, 0.717) is 29.6 Å². The maximum Gasteiger partial charge on any atom is 0.326 e. The van der Waals surface area contributed by atoms with Crippen molar-refractivity contribution in [3.8, 4) is 11.8 Å². The standard InChI is InChI=1S/C24H27FN6O2/c1-15-9-17-3-4-19(23(25)18(17)10-15)33-24-28-21(27-20-11-16(14-32)13-26-20)12-22(29-24)31-7-5-30(2)6-8-31/h3-4,10-12,32H,5-9,13-14H2,1-2H3,(H,26,27,28,29). The Hall–Kier alpha value is -3.30. The monoisotopic (exact) mass is 450 g/mol. The first-order valence-electron chi connectivity index (χ1n) is 11.1. The highest BCUT2D eigenvalue weighted by molar-refractivity contribution is 6.05. The molecule has 0 amide bonds. The highest BCUT2D eigenvalue weighted by Gasteiger charge is 2.21. The minimum absolute atomic E-state index is 0.0368. The summed E-state index contributed by atoms with van der Waals surface area (Å²) in [7, 11) is 2.09. The SMILES string of the molecule is CC1=Cc2c(ccc(Oc3nc(NC4=NCC(CO)=C4)cc(N4CCN(C)CC4)n3)c2F)C1. The van der Waals surface area contributed by atoms with Crippen molar-refractivity contribution >= 4 is 23.5 Å². The van der Waals surface area contributed by atoms with E-state index in [9.17, 15) is 5.11 Å². The Morgan fingerprint density at radius 1 is 1.15 bits per heavy atom. The highest BCUT2D eigenvalue weighted by atomic mass is 19.1. The molecule has 8 nitrogen and oxygen atoms in total. The van der Waals surface area contributed by atoms with Gasteiger partial charge in [0.15, 0.2) is 11.6 Å². The molecule has 0 unspecified atom stereocenters. The van der Waals surface area contributed by atoms with Crippen molar-refractivity contribution in [1.82, 2.24) is 14.9 Å². The lowest BCUT2D eigenvalue weighted by atomic mass is 10.1. The molecule has 1 aliphatic carbocycles. The van der Waals surface area contributed by atoms with Crippen LogP contribution in [0.1, 0.15) is 18.1 Å². The van der Waals surface area contributed by atoms with Crippen LogP contribution >= 0.6 is 0 Å². The number of benzene rings is 1. The average molecular weight is 451 g/mol. The molecule has 0 atom stereocenters. The van der Waals surface area contributed by atoms with Gasteiger partial charge in [0.1, 0.15) is 17.5 Å². The zero-order valence-electron chi connectivity index (χ0n) is 18.8. The molecule has 3 heterocycles. The molecule has 0 bridgehead atoms. The lowest BCUT2D eigenvalue weighted by Crippen LogP contribution is -2.44. The van der Waals surface area contributed by atoms with Crippen LogP contribution in [0.25, 0.3) is 6.08 Å². The van der Waals surface area contributed by atoms with E-state index in [-0.39, 0.29) is 18.4 Å². The zero-order valence-corrected chi connectivity index (χ0v) is 18.8. The number of nitrogens with zero attached hydrogens (tertiary/aromatic N) is 5. The van der Waals surface area contributed by atoms with Gasteiger partial charge in [-0.25, -0.2) is 4.39 Å². The second kappa shape index (κ2) is 8.92. The van der Waals surface area contributed by atoms with Gasteiger partial charge in [0.2, 0.25) is 0 Å². The van der Waals surface area contributed by atoms with Gasteiger partial charge < -0.3 is 25.0 Å². The van der Waals surface area contributed by atoms with Crippen molar-refractivity contribution in [3.05, 3.63) is 52.4 Å². The second-order valence-electron chi connectivity index (χ2n) is 8.69. The number of aliphatic hydroxyl groups excluding tert-OH is 1. The van der Waals surface area contributed by atoms with Crippen LogP contribution in [0.15, 0.2) is 40.4 Å². The lowest BCUT2D eigenvalue weighted by molar-refractivity contribution is 0.311. The molecule has 2 N–H and O–H groups in total. The molecule has 2 aromatic rings. The van der Waals surface area contributed by atoms with Crippen molar-refractivity contribution in [3.63, 3.8) is 0 Å². The summed E-state index contributed by atoms with van der Waals surface area (Å²) in [6.07, 6.45) is 4.41. The third kappa shape index (κ3) is 4.60. The number of ether oxygens (including phenoxy) is 1. The largest absolute Gasteiger partial charge is 0.421 e. The first-order chi connectivity index (χ1) is 16.0. The molecule has 9 heteroatoms. The van der Waals surface area contributed by atoms with Crippen molar-refractivity contribution in [2.24, 2.45) is 4.99 Å². The summed E-state index contributed by atoms with van der Waals surface area (Å²) in [5, 5.41) is 12.5. The molecule has 0 saturated carbocycles. The number of hydrogen-bond donors (Lipinski definition) is 2. The fourth-order valence-electron chi connectivity index (χ4n) is 4.19. The number of anilines is 2. The third-order valence-corrected chi connectivity index (χ3v) is 6.07. The highest BCUT2D eigenvalue weighted by Crippen LogP contribution is 2.34. The average Bonchev–Trinajstić information content (AvgIpc) is 3.42. The summed E-state index contributed by atoms with van der Waals surface area (Å²) in [6, 6.07) is 5.43. The summed E-state index contributed by atoms with van der Waals surface area (Å²) >= 11 is 0. The van der Waals surface area contributed by atoms with Crippen LogP contribution < -0.4 is 15.0 Å². The maximum atomic E-state index is 15.1. The Labute approximate surface area is 192 Å². The van der Waals surface area contributed by atoms with Crippen LogP contribution in [0.4, 0.5) is 16.0 Å². The Morgan fingerprint density at radius 2 is 1.97 bits per heavy atom. The number of amidine groups is 1. The molecule has 0 spiro atoms. The van der Waals surface area contributed by atoms with Crippen LogP contribution in [-0.2, 0) is 6.42 Å². The van der Waals surface area contributed by atoms with Crippen molar-refractivity contribution in [2.45, 2.75) is 13.3 Å². The molecule has 5 rings (SSSR count). The second-order valence-corrected chi connectivity index (χ2v) is 8.69. The van der Waals surface area contributed by atoms with Crippen LogP contribution in [0.2, 0.25) is 0 Å². The van der Waals surface area contributed by atoms with E-state index in [1.54, 1.807) is 12.1 Å². The number of aromatic nitrogens is 2. The molecule has 172 valence electrons. The number of aliphatic hydroxyl groups is 1.